The molecular weight excluding hydrogens is 380 g/mol. The van der Waals surface area contributed by atoms with Crippen molar-refractivity contribution in [3.05, 3.63) is 46.6 Å². The zero-order chi connectivity index (χ0) is 20.1. The minimum absolute atomic E-state index is 0.247. The van der Waals surface area contributed by atoms with Gasteiger partial charge in [-0.3, -0.25) is 14.6 Å². The van der Waals surface area contributed by atoms with Crippen LogP contribution in [-0.2, 0) is 6.54 Å². The summed E-state index contributed by atoms with van der Waals surface area (Å²) in [6.45, 7) is 8.74. The van der Waals surface area contributed by atoms with Crippen molar-refractivity contribution in [1.29, 1.82) is 0 Å². The molecule has 1 saturated heterocycles. The maximum atomic E-state index is 12.4. The van der Waals surface area contributed by atoms with Crippen LogP contribution in [0.15, 0.2) is 28.9 Å². The first kappa shape index (κ1) is 20.8. The van der Waals surface area contributed by atoms with E-state index >= 15 is 0 Å². The number of anilines is 1. The van der Waals surface area contributed by atoms with E-state index in [1.807, 2.05) is 19.9 Å². The summed E-state index contributed by atoms with van der Waals surface area (Å²) < 4.78 is 5.48. The van der Waals surface area contributed by atoms with Gasteiger partial charge in [0.1, 0.15) is 6.26 Å². The first-order chi connectivity index (χ1) is 13.4. The molecule has 0 unspecified atom stereocenters. The van der Waals surface area contributed by atoms with Crippen LogP contribution >= 0.6 is 11.6 Å². The van der Waals surface area contributed by atoms with Crippen molar-refractivity contribution in [3.8, 4) is 0 Å². The van der Waals surface area contributed by atoms with E-state index in [2.05, 4.69) is 20.1 Å². The van der Waals surface area contributed by atoms with E-state index in [1.54, 1.807) is 12.1 Å². The highest BCUT2D eigenvalue weighted by Gasteiger charge is 2.21. The molecule has 0 spiro atoms. The lowest BCUT2D eigenvalue weighted by atomic mass is 10.2. The topological polar surface area (TPSA) is 81.8 Å². The minimum Gasteiger partial charge on any atom is -0.447 e. The Kier molecular flexibility index (Phi) is 7.07. The molecule has 2 aromatic rings. The van der Waals surface area contributed by atoms with Crippen LogP contribution in [0.3, 0.4) is 0 Å². The van der Waals surface area contributed by atoms with E-state index in [0.717, 1.165) is 44.7 Å². The number of rotatable bonds is 7. The second kappa shape index (κ2) is 9.52. The number of amides is 1. The summed E-state index contributed by atoms with van der Waals surface area (Å²) >= 11 is 6.09. The van der Waals surface area contributed by atoms with Gasteiger partial charge in [0, 0.05) is 43.4 Å². The van der Waals surface area contributed by atoms with Gasteiger partial charge in [-0.2, -0.15) is 0 Å². The number of nitrogens with one attached hydrogen (secondary N) is 1. The fourth-order valence-corrected chi connectivity index (χ4v) is 3.28. The Balaban J connectivity index is 1.50. The molecule has 1 aliphatic heterocycles. The van der Waals surface area contributed by atoms with Crippen LogP contribution in [0.2, 0.25) is 5.02 Å². The maximum Gasteiger partial charge on any atom is 0.277 e. The molecule has 1 fully saturated rings. The molecule has 2 N–H and O–H groups in total. The summed E-state index contributed by atoms with van der Waals surface area (Å²) in [7, 11) is 0. The number of hydrogen-bond donors (Lipinski definition) is 2. The van der Waals surface area contributed by atoms with Crippen molar-refractivity contribution in [2.45, 2.75) is 32.9 Å². The number of benzene rings is 1. The molecule has 8 heteroatoms. The van der Waals surface area contributed by atoms with Gasteiger partial charge in [0.15, 0.2) is 5.69 Å². The van der Waals surface area contributed by atoms with E-state index in [1.165, 1.54) is 6.26 Å². The number of oxazole rings is 1. The SMILES string of the molecule is CC[C@@H](O)CN1CCN(Cc2nc(C(=O)Nc3ccc(C)c(Cl)c3)co2)CC1. The summed E-state index contributed by atoms with van der Waals surface area (Å²) in [4.78, 5) is 21.2. The van der Waals surface area contributed by atoms with Gasteiger partial charge in [0.05, 0.1) is 12.6 Å². The molecule has 0 radical (unpaired) electrons. The van der Waals surface area contributed by atoms with Crippen LogP contribution in [0, 0.1) is 6.92 Å². The van der Waals surface area contributed by atoms with Gasteiger partial charge in [-0.05, 0) is 31.0 Å². The van der Waals surface area contributed by atoms with Crippen molar-refractivity contribution in [1.82, 2.24) is 14.8 Å². The lowest BCUT2D eigenvalue weighted by Gasteiger charge is -2.34. The Morgan fingerprint density at radius 3 is 2.71 bits per heavy atom. The van der Waals surface area contributed by atoms with Crippen LogP contribution in [-0.4, -0.2) is 64.6 Å². The number of piperazine rings is 1. The highest BCUT2D eigenvalue weighted by atomic mass is 35.5. The van der Waals surface area contributed by atoms with Crippen molar-refractivity contribution in [2.24, 2.45) is 0 Å². The Morgan fingerprint density at radius 1 is 1.32 bits per heavy atom. The zero-order valence-electron chi connectivity index (χ0n) is 16.3. The first-order valence-corrected chi connectivity index (χ1v) is 9.97. The number of carbonyl (C=O) groups excluding carboxylic acids is 1. The Morgan fingerprint density at radius 2 is 2.04 bits per heavy atom. The van der Waals surface area contributed by atoms with Gasteiger partial charge in [-0.1, -0.05) is 24.6 Å². The number of nitrogens with zero attached hydrogens (tertiary/aromatic N) is 3. The van der Waals surface area contributed by atoms with E-state index in [4.69, 9.17) is 16.0 Å². The van der Waals surface area contributed by atoms with Crippen molar-refractivity contribution >= 4 is 23.2 Å². The molecule has 1 amide bonds. The molecule has 7 nitrogen and oxygen atoms in total. The normalized spacial score (nSPS) is 16.9. The maximum absolute atomic E-state index is 12.4. The summed E-state index contributed by atoms with van der Waals surface area (Å²) in [5.74, 6) is 0.197. The number of β-amino-alcohol motifs (C(OH)–C–C–N with tert-alkyl or cyclic N) is 1. The molecule has 1 aliphatic rings. The molecule has 1 atom stereocenters. The van der Waals surface area contributed by atoms with Crippen LogP contribution in [0.4, 0.5) is 5.69 Å². The molecule has 3 rings (SSSR count). The number of hydrogen-bond acceptors (Lipinski definition) is 6. The molecule has 28 heavy (non-hydrogen) atoms. The van der Waals surface area contributed by atoms with E-state index in [0.29, 0.717) is 23.1 Å². The summed E-state index contributed by atoms with van der Waals surface area (Å²) in [5.41, 5.74) is 1.82. The molecule has 0 saturated carbocycles. The van der Waals surface area contributed by atoms with Crippen LogP contribution in [0.1, 0.15) is 35.3 Å². The molecule has 0 bridgehead atoms. The number of aliphatic hydroxyl groups excluding tert-OH is 1. The second-order valence-electron chi connectivity index (χ2n) is 7.18. The van der Waals surface area contributed by atoms with Gasteiger partial charge < -0.3 is 14.8 Å². The lowest BCUT2D eigenvalue weighted by Crippen LogP contribution is -2.48. The molecule has 2 heterocycles. The summed E-state index contributed by atoms with van der Waals surface area (Å²) in [6.07, 6.45) is 1.90. The largest absolute Gasteiger partial charge is 0.447 e. The van der Waals surface area contributed by atoms with Crippen molar-refractivity contribution in [3.63, 3.8) is 0 Å². The molecule has 152 valence electrons. The highest BCUT2D eigenvalue weighted by molar-refractivity contribution is 6.31. The smallest absolute Gasteiger partial charge is 0.277 e. The van der Waals surface area contributed by atoms with Crippen LogP contribution in [0.25, 0.3) is 0 Å². The average Bonchev–Trinajstić information content (AvgIpc) is 3.15. The van der Waals surface area contributed by atoms with Crippen molar-refractivity contribution in [2.75, 3.05) is 38.0 Å². The predicted octanol–water partition coefficient (Wildman–Crippen LogP) is 2.78. The van der Waals surface area contributed by atoms with Crippen LogP contribution < -0.4 is 5.32 Å². The fourth-order valence-electron chi connectivity index (χ4n) is 3.10. The highest BCUT2D eigenvalue weighted by Crippen LogP contribution is 2.20. The van der Waals surface area contributed by atoms with Gasteiger partial charge in [0.2, 0.25) is 5.89 Å². The average molecular weight is 407 g/mol. The number of aliphatic hydroxyl groups is 1. The number of aryl methyl sites for hydroxylation is 1. The monoisotopic (exact) mass is 406 g/mol. The molecule has 0 aliphatic carbocycles. The number of aromatic nitrogens is 1. The third-order valence-electron chi connectivity index (χ3n) is 4.98. The van der Waals surface area contributed by atoms with Gasteiger partial charge in [-0.25, -0.2) is 4.98 Å². The third-order valence-corrected chi connectivity index (χ3v) is 5.39. The number of halogens is 1. The lowest BCUT2D eigenvalue weighted by molar-refractivity contribution is 0.0658. The quantitative estimate of drug-likeness (QED) is 0.735. The van der Waals surface area contributed by atoms with E-state index < -0.39 is 0 Å². The minimum atomic E-state index is -0.326. The second-order valence-corrected chi connectivity index (χ2v) is 7.59. The van der Waals surface area contributed by atoms with Crippen molar-refractivity contribution < 1.29 is 14.3 Å². The van der Waals surface area contributed by atoms with E-state index in [9.17, 15) is 9.90 Å². The third kappa shape index (κ3) is 5.54. The van der Waals surface area contributed by atoms with Gasteiger partial charge in [0.25, 0.3) is 5.91 Å². The molecule has 1 aromatic heterocycles. The molecular formula is C20H27ClN4O3. The summed E-state index contributed by atoms with van der Waals surface area (Å²) in [5, 5.41) is 13.2. The van der Waals surface area contributed by atoms with Crippen LogP contribution in [0.5, 0.6) is 0 Å². The van der Waals surface area contributed by atoms with E-state index in [-0.39, 0.29) is 17.7 Å². The Bertz CT molecular complexity index is 802. The summed E-state index contributed by atoms with van der Waals surface area (Å²) in [6, 6.07) is 5.37. The standard InChI is InChI=1S/C20H27ClN4O3/c1-3-16(26)11-24-6-8-25(9-7-24)12-19-23-18(13-28-19)20(27)22-15-5-4-14(2)17(21)10-15/h4-5,10,13,16,26H,3,6-9,11-12H2,1-2H3,(H,22,27)/t16-/m1/s1. The fraction of sp³-hybridized carbons (Fsp3) is 0.500. The zero-order valence-corrected chi connectivity index (χ0v) is 17.1. The van der Waals surface area contributed by atoms with Gasteiger partial charge >= 0.3 is 0 Å². The predicted molar refractivity (Wildman–Crippen MR) is 109 cm³/mol. The Labute approximate surface area is 170 Å². The first-order valence-electron chi connectivity index (χ1n) is 9.59. The Hall–Kier alpha value is -1.93. The molecule has 1 aromatic carbocycles. The van der Waals surface area contributed by atoms with Gasteiger partial charge in [-0.15, -0.1) is 0 Å². The number of carbonyl (C=O) groups is 1.